The molecule has 0 bridgehead atoms. The van der Waals surface area contributed by atoms with Crippen LogP contribution in [0.25, 0.3) is 11.1 Å². The van der Waals surface area contributed by atoms with Gasteiger partial charge < -0.3 is 10.5 Å². The second-order valence-corrected chi connectivity index (χ2v) is 5.30. The number of rotatable bonds is 3. The zero-order valence-electron chi connectivity index (χ0n) is 12.2. The molecular formula is C15H15ClN4O2. The average molecular weight is 319 g/mol. The first-order chi connectivity index (χ1) is 10.6. The van der Waals surface area contributed by atoms with E-state index in [0.717, 1.165) is 16.8 Å². The molecule has 0 fully saturated rings. The van der Waals surface area contributed by atoms with E-state index in [2.05, 4.69) is 10.1 Å². The number of aromatic nitrogens is 1. The maximum Gasteiger partial charge on any atom is 0.168 e. The standard InChI is InChI=1S/C15H15ClN4O2/c1-9-8-20(22-19-9)14-6-4-11(15(17)18-14)12-7-10(21-2)3-5-13(12)16/h3-7H,8H2,1-2H3,(H2,17,18). The third-order valence-electron chi connectivity index (χ3n) is 3.30. The van der Waals surface area contributed by atoms with E-state index in [-0.39, 0.29) is 0 Å². The molecule has 2 aromatic rings. The summed E-state index contributed by atoms with van der Waals surface area (Å²) in [5, 5.41) is 6.02. The normalized spacial score (nSPS) is 13.8. The Morgan fingerprint density at radius 1 is 1.27 bits per heavy atom. The van der Waals surface area contributed by atoms with Gasteiger partial charge in [0.05, 0.1) is 12.8 Å². The maximum absolute atomic E-state index is 6.25. The summed E-state index contributed by atoms with van der Waals surface area (Å²) < 4.78 is 5.22. The van der Waals surface area contributed by atoms with E-state index in [1.165, 1.54) is 0 Å². The molecule has 0 saturated carbocycles. The molecule has 0 radical (unpaired) electrons. The fourth-order valence-electron chi connectivity index (χ4n) is 2.18. The number of pyridine rings is 1. The van der Waals surface area contributed by atoms with Gasteiger partial charge in [-0.2, -0.15) is 5.06 Å². The fraction of sp³-hybridized carbons (Fsp3) is 0.200. The molecule has 2 heterocycles. The van der Waals surface area contributed by atoms with Gasteiger partial charge >= 0.3 is 0 Å². The first-order valence-corrected chi connectivity index (χ1v) is 7.05. The second-order valence-electron chi connectivity index (χ2n) is 4.89. The van der Waals surface area contributed by atoms with E-state index < -0.39 is 0 Å². The lowest BCUT2D eigenvalue weighted by Crippen LogP contribution is -2.21. The molecule has 6 nitrogen and oxygen atoms in total. The zero-order chi connectivity index (χ0) is 15.7. The number of ether oxygens (including phenoxy) is 1. The Kier molecular flexibility index (Phi) is 3.77. The predicted molar refractivity (Wildman–Crippen MR) is 87.2 cm³/mol. The van der Waals surface area contributed by atoms with E-state index in [1.54, 1.807) is 24.3 Å². The van der Waals surface area contributed by atoms with Gasteiger partial charge in [0.25, 0.3) is 0 Å². The summed E-state index contributed by atoms with van der Waals surface area (Å²) in [5.74, 6) is 1.66. The predicted octanol–water partition coefficient (Wildman–Crippen LogP) is 3.12. The zero-order valence-corrected chi connectivity index (χ0v) is 13.0. The van der Waals surface area contributed by atoms with Crippen molar-refractivity contribution in [2.75, 3.05) is 24.5 Å². The molecule has 1 aliphatic heterocycles. The average Bonchev–Trinajstić information content (AvgIpc) is 2.95. The Morgan fingerprint density at radius 3 is 2.73 bits per heavy atom. The van der Waals surface area contributed by atoms with Gasteiger partial charge in [-0.3, -0.25) is 4.94 Å². The van der Waals surface area contributed by atoms with Crippen LogP contribution in [0, 0.1) is 0 Å². The molecule has 0 saturated heterocycles. The molecule has 1 aliphatic rings. The number of hydrogen-bond donors (Lipinski definition) is 1. The van der Waals surface area contributed by atoms with Gasteiger partial charge in [-0.05, 0) is 37.3 Å². The summed E-state index contributed by atoms with van der Waals surface area (Å²) in [6.07, 6.45) is 0. The Morgan fingerprint density at radius 2 is 2.09 bits per heavy atom. The number of hydrogen-bond acceptors (Lipinski definition) is 6. The number of nitrogens with zero attached hydrogens (tertiary/aromatic N) is 3. The fourth-order valence-corrected chi connectivity index (χ4v) is 2.40. The molecule has 22 heavy (non-hydrogen) atoms. The number of benzene rings is 1. The third kappa shape index (κ3) is 2.65. The van der Waals surface area contributed by atoms with Crippen LogP contribution in [0.4, 0.5) is 11.6 Å². The van der Waals surface area contributed by atoms with Gasteiger partial charge in [-0.15, -0.1) is 0 Å². The van der Waals surface area contributed by atoms with E-state index in [4.69, 9.17) is 27.0 Å². The smallest absolute Gasteiger partial charge is 0.168 e. The Balaban J connectivity index is 1.96. The van der Waals surface area contributed by atoms with Crippen LogP contribution < -0.4 is 15.5 Å². The molecule has 7 heteroatoms. The largest absolute Gasteiger partial charge is 0.497 e. The van der Waals surface area contributed by atoms with E-state index in [9.17, 15) is 0 Å². The van der Waals surface area contributed by atoms with Crippen molar-refractivity contribution in [2.45, 2.75) is 6.92 Å². The van der Waals surface area contributed by atoms with Crippen LogP contribution in [0.3, 0.4) is 0 Å². The van der Waals surface area contributed by atoms with Crippen molar-refractivity contribution >= 4 is 28.9 Å². The van der Waals surface area contributed by atoms with Gasteiger partial charge in [0.1, 0.15) is 18.1 Å². The summed E-state index contributed by atoms with van der Waals surface area (Å²) in [6, 6.07) is 9.06. The van der Waals surface area contributed by atoms with E-state index in [0.29, 0.717) is 29.0 Å². The highest BCUT2D eigenvalue weighted by Crippen LogP contribution is 2.35. The maximum atomic E-state index is 6.25. The topological polar surface area (TPSA) is 73.0 Å². The molecule has 1 aromatic heterocycles. The highest BCUT2D eigenvalue weighted by molar-refractivity contribution is 6.33. The molecular weight excluding hydrogens is 304 g/mol. The monoisotopic (exact) mass is 318 g/mol. The van der Waals surface area contributed by atoms with Crippen molar-refractivity contribution in [2.24, 2.45) is 5.16 Å². The molecule has 114 valence electrons. The summed E-state index contributed by atoms with van der Waals surface area (Å²) >= 11 is 6.25. The molecule has 1 aromatic carbocycles. The SMILES string of the molecule is COc1ccc(Cl)c(-c2ccc(N3CC(C)=NO3)nc2N)c1. The lowest BCUT2D eigenvalue weighted by molar-refractivity contribution is 0.143. The van der Waals surface area contributed by atoms with Crippen molar-refractivity contribution in [3.8, 4) is 16.9 Å². The Labute approximate surface area is 133 Å². The highest BCUT2D eigenvalue weighted by atomic mass is 35.5. The van der Waals surface area contributed by atoms with Crippen molar-refractivity contribution in [1.29, 1.82) is 0 Å². The van der Waals surface area contributed by atoms with Crippen LogP contribution in [-0.2, 0) is 4.94 Å². The second kappa shape index (κ2) is 5.73. The van der Waals surface area contributed by atoms with Crippen LogP contribution in [0.2, 0.25) is 5.02 Å². The molecule has 0 atom stereocenters. The minimum Gasteiger partial charge on any atom is -0.497 e. The van der Waals surface area contributed by atoms with Crippen molar-refractivity contribution in [3.05, 3.63) is 35.4 Å². The summed E-state index contributed by atoms with van der Waals surface area (Å²) in [4.78, 5) is 9.54. The number of hydroxylamine groups is 1. The van der Waals surface area contributed by atoms with Gasteiger partial charge in [0, 0.05) is 16.1 Å². The molecule has 0 aliphatic carbocycles. The number of nitrogen functional groups attached to an aromatic ring is 1. The minimum atomic E-state index is 0.362. The number of methoxy groups -OCH3 is 1. The van der Waals surface area contributed by atoms with E-state index in [1.807, 2.05) is 25.1 Å². The van der Waals surface area contributed by atoms with E-state index >= 15 is 0 Å². The van der Waals surface area contributed by atoms with Crippen LogP contribution in [-0.4, -0.2) is 24.4 Å². The molecule has 0 unspecified atom stereocenters. The molecule has 0 spiro atoms. The first kappa shape index (κ1) is 14.5. The summed E-state index contributed by atoms with van der Waals surface area (Å²) in [5.41, 5.74) is 8.47. The summed E-state index contributed by atoms with van der Waals surface area (Å²) in [6.45, 7) is 2.44. The lowest BCUT2D eigenvalue weighted by atomic mass is 10.1. The quantitative estimate of drug-likeness (QED) is 0.941. The van der Waals surface area contributed by atoms with Gasteiger partial charge in [0.15, 0.2) is 5.82 Å². The number of halogens is 1. The van der Waals surface area contributed by atoms with Crippen molar-refractivity contribution in [3.63, 3.8) is 0 Å². The number of anilines is 2. The first-order valence-electron chi connectivity index (χ1n) is 6.67. The number of nitrogens with two attached hydrogens (primary N) is 1. The third-order valence-corrected chi connectivity index (χ3v) is 3.63. The molecule has 2 N–H and O–H groups in total. The van der Waals surface area contributed by atoms with Crippen molar-refractivity contribution < 1.29 is 9.68 Å². The molecule has 3 rings (SSSR count). The van der Waals surface area contributed by atoms with Gasteiger partial charge in [-0.1, -0.05) is 16.8 Å². The number of oxime groups is 1. The van der Waals surface area contributed by atoms with Gasteiger partial charge in [-0.25, -0.2) is 4.98 Å². The highest BCUT2D eigenvalue weighted by Gasteiger charge is 2.19. The van der Waals surface area contributed by atoms with Crippen LogP contribution >= 0.6 is 11.6 Å². The van der Waals surface area contributed by atoms with Crippen LogP contribution in [0.1, 0.15) is 6.92 Å². The summed E-state index contributed by atoms with van der Waals surface area (Å²) in [7, 11) is 1.60. The Hall–Kier alpha value is -2.47. The molecule has 0 amide bonds. The Bertz CT molecular complexity index is 748. The van der Waals surface area contributed by atoms with Crippen molar-refractivity contribution in [1.82, 2.24) is 4.98 Å². The minimum absolute atomic E-state index is 0.362. The van der Waals surface area contributed by atoms with Crippen LogP contribution in [0.5, 0.6) is 5.75 Å². The van der Waals surface area contributed by atoms with Crippen LogP contribution in [0.15, 0.2) is 35.5 Å². The van der Waals surface area contributed by atoms with Gasteiger partial charge in [0.2, 0.25) is 0 Å². The lowest BCUT2D eigenvalue weighted by Gasteiger charge is -2.15.